The normalized spacial score (nSPS) is 20.5. The molecular formula is C22H21Cl2N3O3S2. The molecule has 168 valence electrons. The summed E-state index contributed by atoms with van der Waals surface area (Å²) >= 11 is 13.9. The van der Waals surface area contributed by atoms with E-state index in [2.05, 4.69) is 4.99 Å². The zero-order valence-electron chi connectivity index (χ0n) is 17.0. The van der Waals surface area contributed by atoms with Gasteiger partial charge in [0.25, 0.3) is 5.91 Å². The highest BCUT2D eigenvalue weighted by Gasteiger charge is 2.38. The first-order valence-electron chi connectivity index (χ1n) is 10.1. The van der Waals surface area contributed by atoms with E-state index in [0.29, 0.717) is 31.4 Å². The molecule has 2 aliphatic rings. The van der Waals surface area contributed by atoms with Crippen molar-refractivity contribution < 1.29 is 13.2 Å². The van der Waals surface area contributed by atoms with Crippen molar-refractivity contribution in [3.63, 3.8) is 0 Å². The maximum absolute atomic E-state index is 13.4. The third kappa shape index (κ3) is 5.05. The monoisotopic (exact) mass is 509 g/mol. The molecule has 1 saturated carbocycles. The van der Waals surface area contributed by atoms with Crippen molar-refractivity contribution in [3.8, 4) is 0 Å². The summed E-state index contributed by atoms with van der Waals surface area (Å²) in [6.45, 7) is 0. The lowest BCUT2D eigenvalue weighted by Gasteiger charge is -2.30. The Balaban J connectivity index is 1.73. The summed E-state index contributed by atoms with van der Waals surface area (Å²) in [4.78, 5) is 20.3. The zero-order chi connectivity index (χ0) is 22.9. The van der Waals surface area contributed by atoms with Crippen LogP contribution in [-0.4, -0.2) is 30.4 Å². The van der Waals surface area contributed by atoms with Crippen molar-refractivity contribution in [2.24, 2.45) is 10.1 Å². The van der Waals surface area contributed by atoms with Crippen molar-refractivity contribution >= 4 is 67.8 Å². The standard InChI is InChI=1S/C22H21Cl2N3O3S2/c23-18-7-4-8-19(24)17(18)13-20-21(28)27(15-5-2-1-3-6-15)22(31-20)26-14-9-11-16(12-10-14)32(25,29)30/h4,7-13,15H,1-3,5-6H2,(H2,25,29,30)/b20-13?,26-22-. The number of aliphatic imine (C=N–C) groups is 1. The van der Waals surface area contributed by atoms with Crippen molar-refractivity contribution in [2.45, 2.75) is 43.0 Å². The molecule has 1 aliphatic carbocycles. The van der Waals surface area contributed by atoms with E-state index in [1.807, 2.05) is 0 Å². The first-order chi connectivity index (χ1) is 15.2. The summed E-state index contributed by atoms with van der Waals surface area (Å²) in [5.74, 6) is -0.127. The van der Waals surface area contributed by atoms with Gasteiger partial charge in [-0.05, 0) is 67.1 Å². The number of amidine groups is 1. The fraction of sp³-hybridized carbons (Fsp3) is 0.273. The highest BCUT2D eigenvalue weighted by Crippen LogP contribution is 2.40. The van der Waals surface area contributed by atoms with Crippen LogP contribution < -0.4 is 5.14 Å². The van der Waals surface area contributed by atoms with Crippen LogP contribution in [0.1, 0.15) is 37.7 Å². The summed E-state index contributed by atoms with van der Waals surface area (Å²) in [6.07, 6.45) is 6.81. The molecule has 1 aliphatic heterocycles. The second kappa shape index (κ2) is 9.57. The molecule has 0 aromatic heterocycles. The van der Waals surface area contributed by atoms with E-state index in [9.17, 15) is 13.2 Å². The van der Waals surface area contributed by atoms with Gasteiger partial charge in [-0.3, -0.25) is 9.69 Å². The molecule has 0 atom stereocenters. The molecule has 0 bridgehead atoms. The van der Waals surface area contributed by atoms with Gasteiger partial charge >= 0.3 is 0 Å². The van der Waals surface area contributed by atoms with Crippen molar-refractivity contribution in [1.29, 1.82) is 0 Å². The minimum Gasteiger partial charge on any atom is -0.283 e. The maximum atomic E-state index is 13.4. The van der Waals surface area contributed by atoms with E-state index < -0.39 is 10.0 Å². The number of thioether (sulfide) groups is 1. The molecule has 32 heavy (non-hydrogen) atoms. The number of amides is 1. The van der Waals surface area contributed by atoms with Crippen LogP contribution in [0.4, 0.5) is 5.69 Å². The van der Waals surface area contributed by atoms with Crippen LogP contribution in [-0.2, 0) is 14.8 Å². The summed E-state index contributed by atoms with van der Waals surface area (Å²) in [5, 5.41) is 6.66. The van der Waals surface area contributed by atoms with Crippen LogP contribution in [0.5, 0.6) is 0 Å². The molecule has 1 saturated heterocycles. The minimum atomic E-state index is -3.79. The van der Waals surface area contributed by atoms with Gasteiger partial charge in [-0.15, -0.1) is 0 Å². The van der Waals surface area contributed by atoms with E-state index in [1.165, 1.54) is 23.9 Å². The minimum absolute atomic E-state index is 0.00897. The van der Waals surface area contributed by atoms with Gasteiger partial charge in [-0.25, -0.2) is 18.5 Å². The van der Waals surface area contributed by atoms with Gasteiger partial charge in [0, 0.05) is 21.7 Å². The largest absolute Gasteiger partial charge is 0.283 e. The predicted octanol–water partition coefficient (Wildman–Crippen LogP) is 5.58. The molecule has 2 fully saturated rings. The average molecular weight is 510 g/mol. The Kier molecular flexibility index (Phi) is 6.97. The fourth-order valence-corrected chi connectivity index (χ4v) is 5.89. The number of carbonyl (C=O) groups is 1. The number of primary sulfonamides is 1. The third-order valence-electron chi connectivity index (χ3n) is 5.44. The SMILES string of the molecule is NS(=O)(=O)c1ccc(/N=C2\SC(=Cc3c(Cl)cccc3Cl)C(=O)N2C2CCCCC2)cc1. The van der Waals surface area contributed by atoms with Gasteiger partial charge in [-0.1, -0.05) is 48.5 Å². The number of nitrogens with two attached hydrogens (primary N) is 1. The average Bonchev–Trinajstić information content (AvgIpc) is 3.06. The Morgan fingerprint density at radius 3 is 2.25 bits per heavy atom. The number of halogens is 2. The number of carbonyl (C=O) groups excluding carboxylic acids is 1. The predicted molar refractivity (Wildman–Crippen MR) is 131 cm³/mol. The Labute approximate surface area is 201 Å². The fourth-order valence-electron chi connectivity index (χ4n) is 3.83. The number of sulfonamides is 1. The van der Waals surface area contributed by atoms with Crippen molar-refractivity contribution in [2.75, 3.05) is 0 Å². The van der Waals surface area contributed by atoms with Crippen LogP contribution in [0.3, 0.4) is 0 Å². The molecule has 2 aromatic rings. The Morgan fingerprint density at radius 1 is 1.03 bits per heavy atom. The van der Waals surface area contributed by atoms with Gasteiger partial charge < -0.3 is 0 Å². The molecule has 10 heteroatoms. The first-order valence-corrected chi connectivity index (χ1v) is 13.2. The smallest absolute Gasteiger partial charge is 0.267 e. The summed E-state index contributed by atoms with van der Waals surface area (Å²) < 4.78 is 23.0. The van der Waals surface area contributed by atoms with Crippen LogP contribution in [0.25, 0.3) is 6.08 Å². The highest BCUT2D eigenvalue weighted by atomic mass is 35.5. The van der Waals surface area contributed by atoms with Gasteiger partial charge in [-0.2, -0.15) is 0 Å². The van der Waals surface area contributed by atoms with Gasteiger partial charge in [0.1, 0.15) is 0 Å². The lowest BCUT2D eigenvalue weighted by molar-refractivity contribution is -0.124. The maximum Gasteiger partial charge on any atom is 0.267 e. The highest BCUT2D eigenvalue weighted by molar-refractivity contribution is 8.18. The van der Waals surface area contributed by atoms with Crippen LogP contribution >= 0.6 is 35.0 Å². The van der Waals surface area contributed by atoms with Crippen molar-refractivity contribution in [3.05, 3.63) is 63.0 Å². The third-order valence-corrected chi connectivity index (χ3v) is 8.01. The first kappa shape index (κ1) is 23.3. The Bertz CT molecular complexity index is 1190. The van der Waals surface area contributed by atoms with E-state index in [0.717, 1.165) is 32.1 Å². The lowest BCUT2D eigenvalue weighted by Crippen LogP contribution is -2.40. The van der Waals surface area contributed by atoms with E-state index in [1.54, 1.807) is 41.3 Å². The lowest BCUT2D eigenvalue weighted by atomic mass is 9.94. The number of hydrogen-bond acceptors (Lipinski definition) is 5. The Morgan fingerprint density at radius 2 is 1.66 bits per heavy atom. The molecule has 2 N–H and O–H groups in total. The second-order valence-corrected chi connectivity index (χ2v) is 11.0. The summed E-state index contributed by atoms with van der Waals surface area (Å²) in [7, 11) is -3.79. The van der Waals surface area contributed by atoms with E-state index in [4.69, 9.17) is 28.3 Å². The quantitative estimate of drug-likeness (QED) is 0.544. The van der Waals surface area contributed by atoms with Crippen LogP contribution in [0.2, 0.25) is 10.0 Å². The van der Waals surface area contributed by atoms with Crippen LogP contribution in [0.15, 0.2) is 57.3 Å². The molecule has 0 unspecified atom stereocenters. The molecule has 0 radical (unpaired) electrons. The topological polar surface area (TPSA) is 92.8 Å². The molecular weight excluding hydrogens is 489 g/mol. The number of hydrogen-bond donors (Lipinski definition) is 1. The summed E-state index contributed by atoms with van der Waals surface area (Å²) in [5.41, 5.74) is 1.12. The van der Waals surface area contributed by atoms with Gasteiger partial charge in [0.15, 0.2) is 5.17 Å². The van der Waals surface area contributed by atoms with Crippen molar-refractivity contribution in [1.82, 2.24) is 4.90 Å². The number of nitrogens with zero attached hydrogens (tertiary/aromatic N) is 2. The Hall–Kier alpha value is -1.84. The molecule has 6 nitrogen and oxygen atoms in total. The number of benzene rings is 2. The second-order valence-electron chi connectivity index (χ2n) is 7.65. The molecule has 4 rings (SSSR count). The molecule has 1 amide bonds. The van der Waals surface area contributed by atoms with Gasteiger partial charge in [0.05, 0.1) is 15.5 Å². The van der Waals surface area contributed by atoms with E-state index >= 15 is 0 Å². The summed E-state index contributed by atoms with van der Waals surface area (Å²) in [6, 6.07) is 11.2. The zero-order valence-corrected chi connectivity index (χ0v) is 20.1. The van der Waals surface area contributed by atoms with E-state index in [-0.39, 0.29) is 16.8 Å². The molecule has 2 aromatic carbocycles. The number of rotatable bonds is 4. The molecule has 1 heterocycles. The molecule has 0 spiro atoms. The van der Waals surface area contributed by atoms with Crippen LogP contribution in [0, 0.1) is 0 Å². The van der Waals surface area contributed by atoms with Gasteiger partial charge in [0.2, 0.25) is 10.0 Å².